The predicted octanol–water partition coefficient (Wildman–Crippen LogP) is 4.56. The maximum Gasteiger partial charge on any atom is 0.396 e. The summed E-state index contributed by atoms with van der Waals surface area (Å²) in [5.74, 6) is -4.53. The van der Waals surface area contributed by atoms with Crippen molar-refractivity contribution in [1.82, 2.24) is 45.2 Å². The summed E-state index contributed by atoms with van der Waals surface area (Å²) in [5, 5.41) is 11.3. The van der Waals surface area contributed by atoms with Crippen LogP contribution in [0.15, 0.2) is 77.7 Å². The van der Waals surface area contributed by atoms with Gasteiger partial charge in [-0.25, -0.2) is 9.18 Å². The number of nitrogens with two attached hydrogens (primary N) is 1. The second kappa shape index (κ2) is 24.4. The second-order valence-electron chi connectivity index (χ2n) is 22.7. The van der Waals surface area contributed by atoms with E-state index in [1.54, 1.807) is 33.2 Å². The number of aromatic nitrogens is 3. The zero-order valence-corrected chi connectivity index (χ0v) is 47.0. The number of halogens is 1. The molecular weight excluding hydrogens is 1080 g/mol. The highest BCUT2D eigenvalue weighted by Crippen LogP contribution is 2.40. The molecule has 2 aromatic heterocycles. The highest BCUT2D eigenvalue weighted by molar-refractivity contribution is 7.70. The van der Waals surface area contributed by atoms with E-state index >= 15 is 4.79 Å². The molecule has 1 unspecified atom stereocenters. The molecule has 0 radical (unpaired) electrons. The number of hydrogen-bond acceptors (Lipinski definition) is 10. The highest BCUT2D eigenvalue weighted by Gasteiger charge is 2.47. The maximum atomic E-state index is 15.1. The van der Waals surface area contributed by atoms with Gasteiger partial charge in [-0.1, -0.05) is 38.6 Å². The van der Waals surface area contributed by atoms with Crippen molar-refractivity contribution in [3.8, 4) is 0 Å². The van der Waals surface area contributed by atoms with Gasteiger partial charge in [-0.3, -0.25) is 52.1 Å². The van der Waals surface area contributed by atoms with E-state index in [-0.39, 0.29) is 84.9 Å². The molecular formula is C58H70FN10O12P. The van der Waals surface area contributed by atoms with Crippen LogP contribution in [0.2, 0.25) is 0 Å². The average molecular weight is 1150 g/mol. The van der Waals surface area contributed by atoms with Gasteiger partial charge in [-0.2, -0.15) is 0 Å². The molecule has 82 heavy (non-hydrogen) atoms. The largest absolute Gasteiger partial charge is 0.396 e. The highest BCUT2D eigenvalue weighted by atomic mass is 31.2. The predicted molar refractivity (Wildman–Crippen MR) is 300 cm³/mol. The molecule has 1 aliphatic carbocycles. The fraction of sp³-hybridized carbons (Fsp3) is 0.466. The monoisotopic (exact) mass is 1150 g/mol. The minimum Gasteiger partial charge on any atom is -0.370 e. The van der Waals surface area contributed by atoms with Gasteiger partial charge in [0.1, 0.15) is 35.7 Å². The molecule has 5 aromatic rings. The number of amides is 7. The lowest BCUT2D eigenvalue weighted by molar-refractivity contribution is -0.147. The van der Waals surface area contributed by atoms with Gasteiger partial charge >= 0.3 is 13.3 Å². The first-order valence-electron chi connectivity index (χ1n) is 27.9. The first-order chi connectivity index (χ1) is 38.9. The number of carbonyl (C=O) groups excluding carboxylic acids is 8. The molecule has 436 valence electrons. The van der Waals surface area contributed by atoms with Crippen molar-refractivity contribution in [3.63, 3.8) is 0 Å². The lowest BCUT2D eigenvalue weighted by atomic mass is 9.79. The number of imidazole rings is 1. The van der Waals surface area contributed by atoms with E-state index in [0.29, 0.717) is 72.3 Å². The Morgan fingerprint density at radius 1 is 0.890 bits per heavy atom. The van der Waals surface area contributed by atoms with E-state index in [9.17, 15) is 57.1 Å². The molecule has 1 saturated carbocycles. The summed E-state index contributed by atoms with van der Waals surface area (Å²) >= 11 is 0. The van der Waals surface area contributed by atoms with Crippen LogP contribution in [0.4, 0.5) is 4.39 Å². The van der Waals surface area contributed by atoms with Gasteiger partial charge in [-0.05, 0) is 148 Å². The van der Waals surface area contributed by atoms with Crippen molar-refractivity contribution < 1.29 is 57.1 Å². The van der Waals surface area contributed by atoms with Crippen LogP contribution < -0.4 is 32.7 Å². The number of piperidine rings is 1. The third kappa shape index (κ3) is 12.8. The van der Waals surface area contributed by atoms with Crippen LogP contribution >= 0.6 is 7.60 Å². The van der Waals surface area contributed by atoms with E-state index in [1.807, 2.05) is 32.0 Å². The van der Waals surface area contributed by atoms with Crippen LogP contribution in [0.25, 0.3) is 21.9 Å². The number of hydrogen-bond donors (Lipinski definition) is 8. The number of allylic oxidation sites excluding steroid dienone is 1. The Morgan fingerprint density at radius 2 is 1.63 bits per heavy atom. The fourth-order valence-electron chi connectivity index (χ4n) is 12.2. The molecule has 5 heterocycles. The van der Waals surface area contributed by atoms with Crippen LogP contribution in [0.5, 0.6) is 0 Å². The number of aryl methyl sites for hydroxylation is 2. The van der Waals surface area contributed by atoms with Crippen molar-refractivity contribution >= 4 is 76.4 Å². The Hall–Kier alpha value is -7.75. The maximum absolute atomic E-state index is 15.1. The first kappa shape index (κ1) is 58.9. The third-order valence-electron chi connectivity index (χ3n) is 16.8. The molecule has 9 N–H and O–H groups in total. The van der Waals surface area contributed by atoms with E-state index in [2.05, 4.69) is 32.8 Å². The summed E-state index contributed by atoms with van der Waals surface area (Å²) in [6.07, 6.45) is 5.70. The fourth-order valence-corrected chi connectivity index (χ4v) is 12.7. The van der Waals surface area contributed by atoms with Crippen molar-refractivity contribution in [1.29, 1.82) is 0 Å². The van der Waals surface area contributed by atoms with Gasteiger partial charge in [0.25, 0.3) is 11.4 Å². The summed E-state index contributed by atoms with van der Waals surface area (Å²) in [4.78, 5) is 148. The van der Waals surface area contributed by atoms with E-state index < -0.39 is 78.7 Å². The summed E-state index contributed by atoms with van der Waals surface area (Å²) in [6, 6.07) is 10.7. The number of fused-ring (bicyclic) bond motifs is 3. The quantitative estimate of drug-likeness (QED) is 0.0560. The molecule has 3 saturated heterocycles. The zero-order valence-electron chi connectivity index (χ0n) is 46.1. The van der Waals surface area contributed by atoms with Gasteiger partial charge < -0.3 is 51.6 Å². The third-order valence-corrected chi connectivity index (χ3v) is 17.6. The standard InChI is InChI=1S/C58H70FN10O12P/c1-31(2)40-16-10-35(25-41(40)59)29-61-51(71)43(18-22-50(60)70)64-54(74)47-21-15-39-23-24-67(30-45(56(76)68(39)47)65-52(72)44-28-38-27-37(14-17-42(38)63-44)57(77)82(79,80)81)55(75)36-12-8-33(9-13-36)6-7-34-11-20-46-49(26-34)66(4)58(78)69(46)48-19-5-32(3)62-53(48)73/h10-11,14,16-17,20,25-28,31,33,36,39,43,45,47-48,63H,3,5-9,12-13,15,18-19,21-24,29-30H2,1-2,4H3,(H2,60,70)(H,61,71)(H,62,73)(H,64,74)(H,65,72)(H2,79,80,81)/t33?,36?,39-,43+,45+,47+,48?/m1/s1. The number of aromatic amines is 1. The lowest BCUT2D eigenvalue weighted by Gasteiger charge is -2.40. The van der Waals surface area contributed by atoms with Gasteiger partial charge in [0, 0.05) is 67.2 Å². The molecule has 0 spiro atoms. The Labute approximate surface area is 471 Å². The number of carbonyl (C=O) groups is 8. The number of H-pyrrole nitrogens is 1. The topological polar surface area (TPSA) is 317 Å². The summed E-state index contributed by atoms with van der Waals surface area (Å²) in [6.45, 7) is 7.41. The number of nitrogens with zero attached hydrogens (tertiary/aromatic N) is 4. The molecule has 3 aliphatic heterocycles. The normalized spacial score (nSPS) is 21.9. The van der Waals surface area contributed by atoms with Gasteiger partial charge in [-0.15, -0.1) is 0 Å². The van der Waals surface area contributed by atoms with E-state index in [1.165, 1.54) is 35.2 Å². The Morgan fingerprint density at radius 3 is 2.33 bits per heavy atom. The van der Waals surface area contributed by atoms with Crippen molar-refractivity contribution in [2.75, 3.05) is 13.1 Å². The van der Waals surface area contributed by atoms with Crippen LogP contribution in [0, 0.1) is 17.7 Å². The molecule has 3 aromatic carbocycles. The molecule has 4 aliphatic rings. The smallest absolute Gasteiger partial charge is 0.370 e. The number of nitrogens with one attached hydrogen (secondary N) is 5. The molecule has 9 rings (SSSR count). The molecule has 22 nitrogen and oxygen atoms in total. The van der Waals surface area contributed by atoms with Crippen LogP contribution in [-0.4, -0.2) is 118 Å². The Balaban J connectivity index is 0.893. The van der Waals surface area contributed by atoms with Crippen molar-refractivity contribution in [2.24, 2.45) is 24.6 Å². The van der Waals surface area contributed by atoms with E-state index in [0.717, 1.165) is 36.8 Å². The van der Waals surface area contributed by atoms with Crippen LogP contribution in [-0.2, 0) is 53.3 Å². The summed E-state index contributed by atoms with van der Waals surface area (Å²) < 4.78 is 29.7. The van der Waals surface area contributed by atoms with Crippen LogP contribution in [0.3, 0.4) is 0 Å². The molecule has 5 atom stereocenters. The molecule has 7 amide bonds. The minimum atomic E-state index is -5.13. The SMILES string of the molecule is C=C1CCC(n2c(=O)n(C)c3cc(CCC4CCC(C(=O)N5CC[C@H]6CC[C@@H](C(=O)N[C@@H](CCC(N)=O)C(=O)NCc7ccc(C(C)C)c(F)c7)N6C(=O)[C@@H](NC(=O)c6cc7cc(C(=O)P(=O)(O)O)ccc7[nH]6)C5)CC4)ccc32)C(=O)N1. The van der Waals surface area contributed by atoms with Crippen LogP contribution in [0.1, 0.15) is 140 Å². The molecule has 24 heteroatoms. The average Bonchev–Trinajstić information content (AvgIpc) is 3.23. The molecule has 4 fully saturated rings. The number of benzene rings is 3. The summed E-state index contributed by atoms with van der Waals surface area (Å²) in [5.41, 5.74) is 7.83. The lowest BCUT2D eigenvalue weighted by Crippen LogP contribution is -2.62. The summed E-state index contributed by atoms with van der Waals surface area (Å²) in [7, 11) is -3.43. The Kier molecular flexibility index (Phi) is 17.5. The second-order valence-corrected chi connectivity index (χ2v) is 24.2. The van der Waals surface area contributed by atoms with Crippen molar-refractivity contribution in [3.05, 3.63) is 117 Å². The zero-order chi connectivity index (χ0) is 58.9. The Bertz CT molecular complexity index is 3500. The molecule has 0 bridgehead atoms. The first-order valence-corrected chi connectivity index (χ1v) is 29.5. The van der Waals surface area contributed by atoms with Gasteiger partial charge in [0.2, 0.25) is 35.4 Å². The van der Waals surface area contributed by atoms with E-state index in [4.69, 9.17) is 5.73 Å². The minimum absolute atomic E-state index is 0.0679. The van der Waals surface area contributed by atoms with Gasteiger partial charge in [0.15, 0.2) is 0 Å². The van der Waals surface area contributed by atoms with Crippen molar-refractivity contribution in [2.45, 2.75) is 140 Å². The number of primary amides is 1. The number of rotatable bonds is 18. The van der Waals surface area contributed by atoms with Gasteiger partial charge in [0.05, 0.1) is 11.0 Å².